The van der Waals surface area contributed by atoms with E-state index in [1.54, 1.807) is 18.4 Å². The third-order valence-corrected chi connectivity index (χ3v) is 5.04. The van der Waals surface area contributed by atoms with E-state index in [-0.39, 0.29) is 6.10 Å². The highest BCUT2D eigenvalue weighted by Gasteiger charge is 2.08. The standard InChI is InChI=1S/C18H25ClN4OS/c1-4-14-12-22-17(25-14)9-10-21-18(20-3)23-11-13(2)24-16-8-6-5-7-15(16)19/h5-8,12-13H,4,9-11H2,1-3H3,(H2,20,21,23). The number of para-hydroxylation sites is 1. The first kappa shape index (κ1) is 19.5. The van der Waals surface area contributed by atoms with Crippen molar-refractivity contribution in [3.8, 4) is 5.75 Å². The van der Waals surface area contributed by atoms with Crippen molar-refractivity contribution >= 4 is 28.9 Å². The maximum atomic E-state index is 6.11. The molecule has 2 aromatic rings. The van der Waals surface area contributed by atoms with Crippen molar-refractivity contribution in [1.82, 2.24) is 15.6 Å². The molecule has 0 aliphatic rings. The largest absolute Gasteiger partial charge is 0.487 e. The van der Waals surface area contributed by atoms with Crippen LogP contribution in [0, 0.1) is 0 Å². The Labute approximate surface area is 158 Å². The van der Waals surface area contributed by atoms with Gasteiger partial charge >= 0.3 is 0 Å². The molecule has 5 nitrogen and oxygen atoms in total. The smallest absolute Gasteiger partial charge is 0.191 e. The summed E-state index contributed by atoms with van der Waals surface area (Å²) in [5, 5.41) is 8.33. The van der Waals surface area contributed by atoms with Gasteiger partial charge in [0.05, 0.1) is 16.6 Å². The Morgan fingerprint density at radius 2 is 2.16 bits per heavy atom. The molecule has 0 aliphatic carbocycles. The molecule has 1 heterocycles. The summed E-state index contributed by atoms with van der Waals surface area (Å²) >= 11 is 7.88. The molecular weight excluding hydrogens is 356 g/mol. The Morgan fingerprint density at radius 1 is 1.36 bits per heavy atom. The Kier molecular flexibility index (Phi) is 8.01. The van der Waals surface area contributed by atoms with Crippen molar-refractivity contribution < 1.29 is 4.74 Å². The first-order chi connectivity index (χ1) is 12.1. The lowest BCUT2D eigenvalue weighted by Crippen LogP contribution is -2.42. The maximum absolute atomic E-state index is 6.11. The Morgan fingerprint density at radius 3 is 2.84 bits per heavy atom. The number of halogens is 1. The molecule has 0 saturated carbocycles. The van der Waals surface area contributed by atoms with Gasteiger partial charge in [0.1, 0.15) is 11.9 Å². The summed E-state index contributed by atoms with van der Waals surface area (Å²) in [5.41, 5.74) is 0. The Hall–Kier alpha value is -1.79. The number of aliphatic imine (C=N–C) groups is 1. The zero-order valence-corrected chi connectivity index (χ0v) is 16.5. The van der Waals surface area contributed by atoms with Crippen molar-refractivity contribution in [3.05, 3.63) is 45.4 Å². The van der Waals surface area contributed by atoms with E-state index in [0.29, 0.717) is 17.3 Å². The lowest BCUT2D eigenvalue weighted by molar-refractivity contribution is 0.224. The third kappa shape index (κ3) is 6.55. The number of aryl methyl sites for hydroxylation is 1. The number of nitrogens with zero attached hydrogens (tertiary/aromatic N) is 2. The van der Waals surface area contributed by atoms with E-state index in [1.165, 1.54) is 4.88 Å². The molecular formula is C18H25ClN4OS. The SMILES string of the molecule is CCc1cnc(CCNC(=NC)NCC(C)Oc2ccccc2Cl)s1. The van der Waals surface area contributed by atoms with Gasteiger partial charge in [-0.1, -0.05) is 30.7 Å². The first-order valence-corrected chi connectivity index (χ1v) is 9.61. The summed E-state index contributed by atoms with van der Waals surface area (Å²) in [5.74, 6) is 1.44. The van der Waals surface area contributed by atoms with Crippen LogP contribution in [0.3, 0.4) is 0 Å². The van der Waals surface area contributed by atoms with Crippen LogP contribution >= 0.6 is 22.9 Å². The van der Waals surface area contributed by atoms with E-state index >= 15 is 0 Å². The Bertz CT molecular complexity index is 689. The molecule has 0 fully saturated rings. The van der Waals surface area contributed by atoms with Crippen LogP contribution in [0.1, 0.15) is 23.7 Å². The summed E-state index contributed by atoms with van der Waals surface area (Å²) in [4.78, 5) is 9.98. The van der Waals surface area contributed by atoms with Gasteiger partial charge in [-0.05, 0) is 25.5 Å². The minimum Gasteiger partial charge on any atom is -0.487 e. The second kappa shape index (κ2) is 10.3. The van der Waals surface area contributed by atoms with Crippen molar-refractivity contribution in [2.75, 3.05) is 20.1 Å². The van der Waals surface area contributed by atoms with Gasteiger partial charge in [-0.3, -0.25) is 4.99 Å². The van der Waals surface area contributed by atoms with Crippen LogP contribution in [0.2, 0.25) is 5.02 Å². The van der Waals surface area contributed by atoms with Gasteiger partial charge in [-0.15, -0.1) is 11.3 Å². The number of rotatable bonds is 8. The Balaban J connectivity index is 1.71. The molecule has 25 heavy (non-hydrogen) atoms. The lowest BCUT2D eigenvalue weighted by Gasteiger charge is -2.18. The normalized spacial score (nSPS) is 12.7. The molecule has 0 radical (unpaired) electrons. The van der Waals surface area contributed by atoms with Crippen LogP contribution in [-0.4, -0.2) is 37.2 Å². The van der Waals surface area contributed by atoms with Crippen molar-refractivity contribution in [2.45, 2.75) is 32.8 Å². The minimum absolute atomic E-state index is 0.0375. The highest BCUT2D eigenvalue weighted by atomic mass is 35.5. The molecule has 2 N–H and O–H groups in total. The van der Waals surface area contributed by atoms with Gasteiger partial charge in [0.2, 0.25) is 0 Å². The molecule has 0 aliphatic heterocycles. The molecule has 7 heteroatoms. The van der Waals surface area contributed by atoms with E-state index in [1.807, 2.05) is 37.4 Å². The fourth-order valence-electron chi connectivity index (χ4n) is 2.17. The number of hydrogen-bond donors (Lipinski definition) is 2. The second-order valence-corrected chi connectivity index (χ2v) is 7.17. The summed E-state index contributed by atoms with van der Waals surface area (Å²) in [6, 6.07) is 7.48. The lowest BCUT2D eigenvalue weighted by atomic mass is 10.3. The van der Waals surface area contributed by atoms with Crippen LogP contribution in [-0.2, 0) is 12.8 Å². The number of nitrogens with one attached hydrogen (secondary N) is 2. The molecule has 1 unspecified atom stereocenters. The van der Waals surface area contributed by atoms with Gasteiger partial charge in [-0.25, -0.2) is 4.98 Å². The molecule has 0 amide bonds. The summed E-state index contributed by atoms with van der Waals surface area (Å²) in [6.45, 7) is 5.55. The van der Waals surface area contributed by atoms with Crippen LogP contribution in [0.5, 0.6) is 5.75 Å². The molecule has 1 aromatic heterocycles. The number of benzene rings is 1. The average molecular weight is 381 g/mol. The van der Waals surface area contributed by atoms with Crippen molar-refractivity contribution in [1.29, 1.82) is 0 Å². The summed E-state index contributed by atoms with van der Waals surface area (Å²) in [6.07, 6.45) is 3.85. The summed E-state index contributed by atoms with van der Waals surface area (Å²) < 4.78 is 5.84. The number of aromatic nitrogens is 1. The predicted octanol–water partition coefficient (Wildman–Crippen LogP) is 3.53. The van der Waals surface area contributed by atoms with Gasteiger partial charge < -0.3 is 15.4 Å². The van der Waals surface area contributed by atoms with Crippen LogP contribution in [0.25, 0.3) is 0 Å². The number of ether oxygens (including phenoxy) is 1. The van der Waals surface area contributed by atoms with Crippen molar-refractivity contribution in [2.24, 2.45) is 4.99 Å². The van der Waals surface area contributed by atoms with Crippen LogP contribution < -0.4 is 15.4 Å². The zero-order chi connectivity index (χ0) is 18.1. The third-order valence-electron chi connectivity index (χ3n) is 3.53. The predicted molar refractivity (Wildman–Crippen MR) is 106 cm³/mol. The molecule has 0 saturated heterocycles. The van der Waals surface area contributed by atoms with Gasteiger partial charge in [0, 0.05) is 31.1 Å². The minimum atomic E-state index is -0.0375. The maximum Gasteiger partial charge on any atom is 0.191 e. The van der Waals surface area contributed by atoms with Gasteiger partial charge in [0.25, 0.3) is 0 Å². The van der Waals surface area contributed by atoms with E-state index in [4.69, 9.17) is 16.3 Å². The molecule has 0 bridgehead atoms. The fourth-order valence-corrected chi connectivity index (χ4v) is 3.22. The molecule has 136 valence electrons. The highest BCUT2D eigenvalue weighted by Crippen LogP contribution is 2.23. The monoisotopic (exact) mass is 380 g/mol. The molecule has 1 atom stereocenters. The van der Waals surface area contributed by atoms with Crippen LogP contribution in [0.4, 0.5) is 0 Å². The molecule has 0 spiro atoms. The highest BCUT2D eigenvalue weighted by molar-refractivity contribution is 7.11. The van der Waals surface area contributed by atoms with E-state index < -0.39 is 0 Å². The van der Waals surface area contributed by atoms with Gasteiger partial charge in [-0.2, -0.15) is 0 Å². The average Bonchev–Trinajstić information content (AvgIpc) is 3.08. The van der Waals surface area contributed by atoms with E-state index in [0.717, 1.165) is 30.4 Å². The first-order valence-electron chi connectivity index (χ1n) is 8.41. The number of guanidine groups is 1. The number of thiazole rings is 1. The molecule has 1 aromatic carbocycles. The van der Waals surface area contributed by atoms with Gasteiger partial charge in [0.15, 0.2) is 5.96 Å². The second-order valence-electron chi connectivity index (χ2n) is 5.56. The molecule has 2 rings (SSSR count). The van der Waals surface area contributed by atoms with E-state index in [9.17, 15) is 0 Å². The topological polar surface area (TPSA) is 58.5 Å². The number of hydrogen-bond acceptors (Lipinski definition) is 4. The fraction of sp³-hybridized carbons (Fsp3) is 0.444. The van der Waals surface area contributed by atoms with E-state index in [2.05, 4.69) is 27.5 Å². The van der Waals surface area contributed by atoms with Crippen LogP contribution in [0.15, 0.2) is 35.5 Å². The zero-order valence-electron chi connectivity index (χ0n) is 14.9. The summed E-state index contributed by atoms with van der Waals surface area (Å²) in [7, 11) is 1.76. The van der Waals surface area contributed by atoms with Crippen molar-refractivity contribution in [3.63, 3.8) is 0 Å². The quantitative estimate of drug-likeness (QED) is 0.543.